The molecule has 0 amide bonds. The molecular formula is C13H26N4S. The van der Waals surface area contributed by atoms with Gasteiger partial charge in [0.1, 0.15) is 0 Å². The number of aromatic nitrogens is 1. The van der Waals surface area contributed by atoms with Crippen molar-refractivity contribution in [1.29, 1.82) is 0 Å². The Morgan fingerprint density at radius 2 is 2.00 bits per heavy atom. The van der Waals surface area contributed by atoms with Gasteiger partial charge in [0.15, 0.2) is 5.13 Å². The molecule has 0 radical (unpaired) electrons. The van der Waals surface area contributed by atoms with Gasteiger partial charge >= 0.3 is 0 Å². The van der Waals surface area contributed by atoms with Gasteiger partial charge in [0.05, 0.1) is 0 Å². The summed E-state index contributed by atoms with van der Waals surface area (Å²) in [5.74, 6) is 0. The van der Waals surface area contributed by atoms with Crippen molar-refractivity contribution in [3.63, 3.8) is 0 Å². The van der Waals surface area contributed by atoms with Crippen LogP contribution in [0.2, 0.25) is 0 Å². The summed E-state index contributed by atoms with van der Waals surface area (Å²) in [6.07, 6.45) is 3.16. The van der Waals surface area contributed by atoms with E-state index in [1.165, 1.54) is 4.88 Å². The van der Waals surface area contributed by atoms with Crippen LogP contribution in [0, 0.1) is 0 Å². The van der Waals surface area contributed by atoms with Crippen molar-refractivity contribution >= 4 is 16.5 Å². The molecule has 0 atom stereocenters. The molecule has 0 aliphatic carbocycles. The number of likely N-dealkylation sites (N-methyl/N-ethyl adjacent to an activating group) is 1. The van der Waals surface area contributed by atoms with Crippen LogP contribution in [-0.2, 0) is 6.54 Å². The van der Waals surface area contributed by atoms with Gasteiger partial charge in [-0.25, -0.2) is 4.98 Å². The maximum atomic E-state index is 4.55. The van der Waals surface area contributed by atoms with Crippen molar-refractivity contribution in [2.24, 2.45) is 0 Å². The molecule has 4 nitrogen and oxygen atoms in total. The lowest BCUT2D eigenvalue weighted by molar-refractivity contribution is 0.413. The van der Waals surface area contributed by atoms with Crippen molar-refractivity contribution in [2.75, 3.05) is 45.2 Å². The van der Waals surface area contributed by atoms with Crippen LogP contribution in [0.4, 0.5) is 5.13 Å². The molecule has 1 rings (SSSR count). The molecule has 0 unspecified atom stereocenters. The predicted molar refractivity (Wildman–Crippen MR) is 80.6 cm³/mol. The molecular weight excluding hydrogens is 244 g/mol. The Morgan fingerprint density at radius 3 is 2.61 bits per heavy atom. The molecule has 0 aliphatic heterocycles. The second kappa shape index (κ2) is 8.45. The number of nitrogens with one attached hydrogen (secondary N) is 1. The van der Waals surface area contributed by atoms with Crippen LogP contribution in [-0.4, -0.2) is 50.2 Å². The van der Waals surface area contributed by atoms with E-state index in [-0.39, 0.29) is 0 Å². The maximum Gasteiger partial charge on any atom is 0.185 e. The number of thiazole rings is 1. The number of rotatable bonds is 9. The summed E-state index contributed by atoms with van der Waals surface area (Å²) in [5, 5.41) is 4.50. The van der Waals surface area contributed by atoms with Crippen LogP contribution in [0.15, 0.2) is 6.20 Å². The predicted octanol–water partition coefficient (Wildman–Crippen LogP) is 2.03. The average molecular weight is 270 g/mol. The summed E-state index contributed by atoms with van der Waals surface area (Å²) < 4.78 is 0. The summed E-state index contributed by atoms with van der Waals surface area (Å²) in [5.41, 5.74) is 0. The Labute approximate surface area is 115 Å². The van der Waals surface area contributed by atoms with Crippen LogP contribution in [0.5, 0.6) is 0 Å². The topological polar surface area (TPSA) is 31.4 Å². The van der Waals surface area contributed by atoms with Crippen LogP contribution in [0.1, 0.15) is 25.1 Å². The van der Waals surface area contributed by atoms with E-state index in [2.05, 4.69) is 48.0 Å². The highest BCUT2D eigenvalue weighted by Gasteiger charge is 2.10. The molecule has 0 aromatic carbocycles. The first kappa shape index (κ1) is 15.4. The molecule has 0 bridgehead atoms. The molecule has 0 aliphatic rings. The zero-order valence-electron chi connectivity index (χ0n) is 12.1. The molecule has 1 N–H and O–H groups in total. The van der Waals surface area contributed by atoms with Gasteiger partial charge in [-0.3, -0.25) is 0 Å². The third kappa shape index (κ3) is 5.33. The molecule has 18 heavy (non-hydrogen) atoms. The SMILES string of the molecule is CCCN(CCN(C)C)c1ncc(CNCC)s1. The second-order valence-corrected chi connectivity index (χ2v) is 5.77. The van der Waals surface area contributed by atoms with E-state index in [0.717, 1.165) is 44.3 Å². The van der Waals surface area contributed by atoms with E-state index in [4.69, 9.17) is 0 Å². The Bertz CT molecular complexity index is 325. The van der Waals surface area contributed by atoms with E-state index < -0.39 is 0 Å². The Morgan fingerprint density at radius 1 is 1.22 bits per heavy atom. The second-order valence-electron chi connectivity index (χ2n) is 4.68. The van der Waals surface area contributed by atoms with Gasteiger partial charge in [0.2, 0.25) is 0 Å². The minimum atomic E-state index is 0.932. The molecule has 0 spiro atoms. The highest BCUT2D eigenvalue weighted by molar-refractivity contribution is 7.15. The first-order valence-electron chi connectivity index (χ1n) is 6.72. The van der Waals surface area contributed by atoms with Crippen LogP contribution in [0.3, 0.4) is 0 Å². The number of hydrogen-bond donors (Lipinski definition) is 1. The molecule has 5 heteroatoms. The minimum absolute atomic E-state index is 0.932. The first-order chi connectivity index (χ1) is 8.67. The van der Waals surface area contributed by atoms with Crippen LogP contribution < -0.4 is 10.2 Å². The van der Waals surface area contributed by atoms with Crippen molar-refractivity contribution < 1.29 is 0 Å². The Balaban J connectivity index is 2.57. The number of anilines is 1. The van der Waals surface area contributed by atoms with Gasteiger partial charge < -0.3 is 15.1 Å². The first-order valence-corrected chi connectivity index (χ1v) is 7.54. The number of hydrogen-bond acceptors (Lipinski definition) is 5. The van der Waals surface area contributed by atoms with E-state index in [0.29, 0.717) is 0 Å². The zero-order chi connectivity index (χ0) is 13.4. The fourth-order valence-corrected chi connectivity index (χ4v) is 2.60. The van der Waals surface area contributed by atoms with Gasteiger partial charge in [-0.15, -0.1) is 11.3 Å². The lowest BCUT2D eigenvalue weighted by atomic mass is 10.4. The summed E-state index contributed by atoms with van der Waals surface area (Å²) >= 11 is 1.81. The van der Waals surface area contributed by atoms with Crippen LogP contribution in [0.25, 0.3) is 0 Å². The van der Waals surface area contributed by atoms with E-state index >= 15 is 0 Å². The van der Waals surface area contributed by atoms with Gasteiger partial charge in [0.25, 0.3) is 0 Å². The fourth-order valence-electron chi connectivity index (χ4n) is 1.67. The highest BCUT2D eigenvalue weighted by atomic mass is 32.1. The van der Waals surface area contributed by atoms with Crippen molar-refractivity contribution in [1.82, 2.24) is 15.2 Å². The van der Waals surface area contributed by atoms with E-state index in [1.807, 2.05) is 6.20 Å². The van der Waals surface area contributed by atoms with Crippen LogP contribution >= 0.6 is 11.3 Å². The fraction of sp³-hybridized carbons (Fsp3) is 0.769. The van der Waals surface area contributed by atoms with Gasteiger partial charge in [-0.2, -0.15) is 0 Å². The molecule has 1 aromatic rings. The van der Waals surface area contributed by atoms with E-state index in [1.54, 1.807) is 11.3 Å². The maximum absolute atomic E-state index is 4.55. The van der Waals surface area contributed by atoms with Gasteiger partial charge in [-0.05, 0) is 27.1 Å². The third-order valence-corrected chi connectivity index (χ3v) is 3.73. The monoisotopic (exact) mass is 270 g/mol. The quantitative estimate of drug-likeness (QED) is 0.744. The summed E-state index contributed by atoms with van der Waals surface area (Å²) in [4.78, 5) is 10.5. The summed E-state index contributed by atoms with van der Waals surface area (Å²) in [6.45, 7) is 9.49. The van der Waals surface area contributed by atoms with Crippen molar-refractivity contribution in [3.05, 3.63) is 11.1 Å². The highest BCUT2D eigenvalue weighted by Crippen LogP contribution is 2.22. The number of nitrogens with zero attached hydrogens (tertiary/aromatic N) is 3. The van der Waals surface area contributed by atoms with Crippen molar-refractivity contribution in [3.8, 4) is 0 Å². The minimum Gasteiger partial charge on any atom is -0.347 e. The van der Waals surface area contributed by atoms with Crippen molar-refractivity contribution in [2.45, 2.75) is 26.8 Å². The molecule has 104 valence electrons. The van der Waals surface area contributed by atoms with E-state index in [9.17, 15) is 0 Å². The van der Waals surface area contributed by atoms with Gasteiger partial charge in [0, 0.05) is 37.3 Å². The summed E-state index contributed by atoms with van der Waals surface area (Å²) in [7, 11) is 4.23. The lowest BCUT2D eigenvalue weighted by Crippen LogP contribution is -2.32. The normalized spacial score (nSPS) is 11.2. The average Bonchev–Trinajstić information content (AvgIpc) is 2.80. The zero-order valence-corrected chi connectivity index (χ0v) is 12.9. The molecule has 0 fully saturated rings. The Hall–Kier alpha value is -0.650. The molecule has 0 saturated heterocycles. The standard InChI is InChI=1S/C13H26N4S/c1-5-7-17(9-8-16(3)4)13-15-11-12(18-13)10-14-6-2/h11,14H,5-10H2,1-4H3. The molecule has 1 aromatic heterocycles. The third-order valence-electron chi connectivity index (χ3n) is 2.67. The molecule has 0 saturated carbocycles. The Kier molecular flexibility index (Phi) is 7.23. The lowest BCUT2D eigenvalue weighted by Gasteiger charge is -2.23. The largest absolute Gasteiger partial charge is 0.347 e. The molecule has 1 heterocycles. The van der Waals surface area contributed by atoms with Gasteiger partial charge in [-0.1, -0.05) is 13.8 Å². The summed E-state index contributed by atoms with van der Waals surface area (Å²) in [6, 6.07) is 0. The smallest absolute Gasteiger partial charge is 0.185 e.